The van der Waals surface area contributed by atoms with Gasteiger partial charge in [0.05, 0.1) is 15.9 Å². The van der Waals surface area contributed by atoms with Crippen LogP contribution >= 0.6 is 11.3 Å². The number of aromatic nitrogens is 2. The van der Waals surface area contributed by atoms with Gasteiger partial charge < -0.3 is 0 Å². The summed E-state index contributed by atoms with van der Waals surface area (Å²) in [6, 6.07) is 60.2. The number of fused-ring (bicyclic) bond motifs is 5. The van der Waals surface area contributed by atoms with E-state index in [-0.39, 0.29) is 0 Å². The molecule has 0 saturated carbocycles. The minimum absolute atomic E-state index is 0.732. The van der Waals surface area contributed by atoms with Gasteiger partial charge >= 0.3 is 0 Å². The van der Waals surface area contributed by atoms with Crippen LogP contribution in [0.15, 0.2) is 220 Å². The third-order valence-electron chi connectivity index (χ3n) is 9.23. The lowest BCUT2D eigenvalue weighted by atomic mass is 9.96. The van der Waals surface area contributed by atoms with Crippen LogP contribution in [0.2, 0.25) is 0 Å². The second-order valence-corrected chi connectivity index (χ2v) is 13.8. The molecule has 2 heterocycles. The molecule has 0 fully saturated rings. The Balaban J connectivity index is 0.000000496. The van der Waals surface area contributed by atoms with E-state index in [0.717, 1.165) is 44.7 Å². The second kappa shape index (κ2) is 22.1. The summed E-state index contributed by atoms with van der Waals surface area (Å²) in [5.74, 6) is 0.732. The van der Waals surface area contributed by atoms with Gasteiger partial charge in [-0.3, -0.25) is 0 Å². The molecule has 0 bridgehead atoms. The van der Waals surface area contributed by atoms with Crippen molar-refractivity contribution in [1.29, 1.82) is 0 Å². The zero-order valence-corrected chi connectivity index (χ0v) is 35.4. The maximum absolute atomic E-state index is 5.29. The number of rotatable bonds is 7. The van der Waals surface area contributed by atoms with Crippen LogP contribution < -0.4 is 0 Å². The lowest BCUT2D eigenvalue weighted by Crippen LogP contribution is -1.95. The predicted octanol–water partition coefficient (Wildman–Crippen LogP) is 17.1. The van der Waals surface area contributed by atoms with Gasteiger partial charge in [-0.2, -0.15) is 0 Å². The van der Waals surface area contributed by atoms with Gasteiger partial charge in [0.2, 0.25) is 0 Å². The van der Waals surface area contributed by atoms with Gasteiger partial charge in [-0.15, -0.1) is 11.3 Å². The maximum atomic E-state index is 5.29. The van der Waals surface area contributed by atoms with Crippen molar-refractivity contribution in [1.82, 2.24) is 9.97 Å². The summed E-state index contributed by atoms with van der Waals surface area (Å²) in [6.07, 6.45) is 6.56. The molecule has 292 valence electrons. The van der Waals surface area contributed by atoms with Crippen LogP contribution in [-0.4, -0.2) is 9.97 Å². The smallest absolute Gasteiger partial charge is 0.160 e. The highest BCUT2D eigenvalue weighted by Crippen LogP contribution is 2.41. The second-order valence-electron chi connectivity index (χ2n) is 12.7. The third kappa shape index (κ3) is 10.3. The summed E-state index contributed by atoms with van der Waals surface area (Å²) in [4.78, 5) is 10.5. The maximum Gasteiger partial charge on any atom is 0.160 e. The fraction of sp³-hybridized carbons (Fsp3) is 0.0714. The van der Waals surface area contributed by atoms with Gasteiger partial charge in [-0.25, -0.2) is 9.97 Å². The molecule has 0 aliphatic carbocycles. The number of hydrogen-bond acceptors (Lipinski definition) is 3. The number of nitrogens with zero attached hydrogens (tertiary/aromatic N) is 2. The summed E-state index contributed by atoms with van der Waals surface area (Å²) in [5, 5.41) is 3.58. The highest BCUT2D eigenvalue weighted by molar-refractivity contribution is 7.26. The number of thiophene rings is 1. The minimum atomic E-state index is 0.732. The molecule has 0 spiro atoms. The van der Waals surface area contributed by atoms with Crippen LogP contribution in [0.5, 0.6) is 0 Å². The van der Waals surface area contributed by atoms with Crippen molar-refractivity contribution in [3.05, 3.63) is 220 Å². The van der Waals surface area contributed by atoms with E-state index in [2.05, 4.69) is 190 Å². The van der Waals surface area contributed by atoms with E-state index in [9.17, 15) is 0 Å². The van der Waals surface area contributed by atoms with Gasteiger partial charge in [-0.1, -0.05) is 224 Å². The monoisotopic (exact) mass is 784 g/mol. The van der Waals surface area contributed by atoms with Crippen LogP contribution in [0.25, 0.3) is 87.1 Å². The first-order valence-electron chi connectivity index (χ1n) is 20.1. The molecular formula is C56H52N2S. The Morgan fingerprint density at radius 2 is 0.797 bits per heavy atom. The predicted molar refractivity (Wildman–Crippen MR) is 263 cm³/mol. The largest absolute Gasteiger partial charge is 0.227 e. The van der Waals surface area contributed by atoms with Crippen molar-refractivity contribution in [2.45, 2.75) is 27.7 Å². The molecule has 0 unspecified atom stereocenters. The normalized spacial score (nSPS) is 9.97. The SMILES string of the molecule is C=CC=C.C=CC=C.CC.CC.c1ccc(-c2ccc(-c3cccc(-c4cccc(-c5nc(-c6ccccc6)c6ccc7c8ccccc8sc7c6n5)c4)c3)cc2)cc1. The molecule has 2 nitrogen and oxygen atoms in total. The quantitative estimate of drug-likeness (QED) is 0.150. The van der Waals surface area contributed by atoms with E-state index in [1.807, 2.05) is 45.1 Å². The van der Waals surface area contributed by atoms with Crippen molar-refractivity contribution >= 4 is 42.4 Å². The summed E-state index contributed by atoms with van der Waals surface area (Å²) in [7, 11) is 0. The summed E-state index contributed by atoms with van der Waals surface area (Å²) >= 11 is 1.81. The highest BCUT2D eigenvalue weighted by atomic mass is 32.1. The van der Waals surface area contributed by atoms with Crippen LogP contribution in [0.4, 0.5) is 0 Å². The number of allylic oxidation sites excluding steroid dienone is 4. The standard InChI is InChI=1S/C44H28N2S.2C4H6.2C2H6/c1-3-11-29(12-4-1)30-21-23-31(24-22-30)33-15-9-16-34(27-33)35-17-10-18-36(28-35)44-45-41(32-13-5-2-6-14-32)39-26-25-38-37-19-7-8-20-40(37)47-43(38)42(39)46-44;2*1-3-4-2;2*1-2/h1-28H;2*3-4H,1-2H2;2*1-2H3. The molecular weight excluding hydrogens is 733 g/mol. The molecule has 0 aliphatic rings. The zero-order valence-electron chi connectivity index (χ0n) is 34.6. The summed E-state index contributed by atoms with van der Waals surface area (Å²) < 4.78 is 2.47. The Bertz CT molecular complexity index is 2740. The van der Waals surface area contributed by atoms with Crippen molar-refractivity contribution in [3.8, 4) is 56.0 Å². The topological polar surface area (TPSA) is 25.8 Å². The summed E-state index contributed by atoms with van der Waals surface area (Å²) in [6.45, 7) is 21.4. The lowest BCUT2D eigenvalue weighted by Gasteiger charge is -2.12. The first-order chi connectivity index (χ1) is 29.1. The van der Waals surface area contributed by atoms with E-state index in [0.29, 0.717) is 0 Å². The fourth-order valence-electron chi connectivity index (χ4n) is 6.52. The molecule has 2 aromatic heterocycles. The first kappa shape index (κ1) is 43.2. The molecule has 9 rings (SSSR count). The average molecular weight is 785 g/mol. The number of hydrogen-bond donors (Lipinski definition) is 0. The molecule has 0 N–H and O–H groups in total. The van der Waals surface area contributed by atoms with Crippen LogP contribution in [-0.2, 0) is 0 Å². The Morgan fingerprint density at radius 1 is 0.373 bits per heavy atom. The van der Waals surface area contributed by atoms with Crippen molar-refractivity contribution in [2.75, 3.05) is 0 Å². The van der Waals surface area contributed by atoms with Crippen LogP contribution in [0, 0.1) is 0 Å². The van der Waals surface area contributed by atoms with Gasteiger partial charge in [0.15, 0.2) is 5.82 Å². The van der Waals surface area contributed by atoms with E-state index in [1.165, 1.54) is 42.4 Å². The Hall–Kier alpha value is -6.94. The van der Waals surface area contributed by atoms with Crippen molar-refractivity contribution in [3.63, 3.8) is 0 Å². The molecule has 0 amide bonds. The van der Waals surface area contributed by atoms with Gasteiger partial charge in [-0.05, 0) is 57.6 Å². The molecule has 59 heavy (non-hydrogen) atoms. The van der Waals surface area contributed by atoms with E-state index in [4.69, 9.17) is 9.97 Å². The van der Waals surface area contributed by atoms with Crippen molar-refractivity contribution < 1.29 is 0 Å². The van der Waals surface area contributed by atoms with Gasteiger partial charge in [0, 0.05) is 32.0 Å². The molecule has 0 atom stereocenters. The Kier molecular flexibility index (Phi) is 16.2. The first-order valence-corrected chi connectivity index (χ1v) is 20.9. The highest BCUT2D eigenvalue weighted by Gasteiger charge is 2.17. The fourth-order valence-corrected chi connectivity index (χ4v) is 7.72. The zero-order chi connectivity index (χ0) is 42.0. The molecule has 3 heteroatoms. The third-order valence-corrected chi connectivity index (χ3v) is 10.4. The van der Waals surface area contributed by atoms with E-state index >= 15 is 0 Å². The summed E-state index contributed by atoms with van der Waals surface area (Å²) in [5.41, 5.74) is 11.2. The van der Waals surface area contributed by atoms with E-state index in [1.54, 1.807) is 24.3 Å². The number of benzene rings is 7. The van der Waals surface area contributed by atoms with Crippen LogP contribution in [0.3, 0.4) is 0 Å². The average Bonchev–Trinajstić information content (AvgIpc) is 3.73. The molecule has 0 saturated heterocycles. The lowest BCUT2D eigenvalue weighted by molar-refractivity contribution is 1.23. The Labute approximate surface area is 354 Å². The molecule has 9 aromatic rings. The molecule has 0 radical (unpaired) electrons. The van der Waals surface area contributed by atoms with Gasteiger partial charge in [0.25, 0.3) is 0 Å². The van der Waals surface area contributed by atoms with E-state index < -0.39 is 0 Å². The van der Waals surface area contributed by atoms with Gasteiger partial charge in [0.1, 0.15) is 0 Å². The molecule has 0 aliphatic heterocycles. The van der Waals surface area contributed by atoms with Crippen LogP contribution in [0.1, 0.15) is 27.7 Å². The Morgan fingerprint density at radius 3 is 1.37 bits per heavy atom. The minimum Gasteiger partial charge on any atom is -0.227 e. The van der Waals surface area contributed by atoms with Crippen molar-refractivity contribution in [2.24, 2.45) is 0 Å². The molecule has 7 aromatic carbocycles.